The van der Waals surface area contributed by atoms with Crippen LogP contribution in [-0.2, 0) is 17.7 Å². The molecule has 0 rings (SSSR count). The molecular formula is C16H38O4Si2. The average Bonchev–Trinajstić information content (AvgIpc) is 2.58. The number of rotatable bonds is 15. The van der Waals surface area contributed by atoms with E-state index >= 15 is 0 Å². The summed E-state index contributed by atoms with van der Waals surface area (Å²) in [4.78, 5) is 0. The van der Waals surface area contributed by atoms with Gasteiger partial charge in [-0.15, -0.1) is 0 Å². The maximum atomic E-state index is 5.80. The fraction of sp³-hybridized carbons (Fsp3) is 1.00. The third kappa shape index (κ3) is 7.70. The second-order valence-electron chi connectivity index (χ2n) is 6.05. The largest absolute Gasteiger partial charge is 0.398 e. The second kappa shape index (κ2) is 12.7. The van der Waals surface area contributed by atoms with E-state index in [0.29, 0.717) is 0 Å². The van der Waals surface area contributed by atoms with E-state index in [9.17, 15) is 0 Å². The minimum absolute atomic E-state index is 1.08. The van der Waals surface area contributed by atoms with Gasteiger partial charge in [0, 0.05) is 28.4 Å². The van der Waals surface area contributed by atoms with Gasteiger partial charge >= 0.3 is 17.1 Å². The summed E-state index contributed by atoms with van der Waals surface area (Å²) in [7, 11) is 3.32. The first-order valence-corrected chi connectivity index (χ1v) is 13.2. The summed E-state index contributed by atoms with van der Waals surface area (Å²) in [6.45, 7) is 4.44. The Morgan fingerprint density at radius 2 is 0.773 bits per heavy atom. The van der Waals surface area contributed by atoms with Crippen LogP contribution in [-0.4, -0.2) is 45.6 Å². The van der Waals surface area contributed by atoms with E-state index in [0.717, 1.165) is 37.0 Å². The van der Waals surface area contributed by atoms with Crippen molar-refractivity contribution in [2.45, 2.75) is 76.5 Å². The lowest BCUT2D eigenvalue weighted by molar-refractivity contribution is 0.233. The molecular weight excluding hydrogens is 312 g/mol. The molecule has 0 spiro atoms. The van der Waals surface area contributed by atoms with E-state index in [1.165, 1.54) is 25.7 Å². The van der Waals surface area contributed by atoms with Gasteiger partial charge in [0.15, 0.2) is 0 Å². The fourth-order valence-corrected chi connectivity index (χ4v) is 8.74. The predicted molar refractivity (Wildman–Crippen MR) is 97.8 cm³/mol. The molecule has 0 aliphatic carbocycles. The van der Waals surface area contributed by atoms with E-state index < -0.39 is 17.1 Å². The quantitative estimate of drug-likeness (QED) is 0.313. The first kappa shape index (κ1) is 22.3. The first-order chi connectivity index (χ1) is 10.6. The van der Waals surface area contributed by atoms with E-state index in [1.807, 2.05) is 28.4 Å². The van der Waals surface area contributed by atoms with Crippen LogP contribution in [0.3, 0.4) is 0 Å². The Bertz CT molecular complexity index is 231. The van der Waals surface area contributed by atoms with Crippen LogP contribution in [0, 0.1) is 0 Å². The number of hydrogen-bond donors (Lipinski definition) is 0. The second-order valence-corrected chi connectivity index (χ2v) is 13.3. The maximum Gasteiger partial charge on any atom is 0.337 e. The Morgan fingerprint density at radius 1 is 0.500 bits per heavy atom. The van der Waals surface area contributed by atoms with Gasteiger partial charge in [-0.05, 0) is 24.2 Å². The Morgan fingerprint density at radius 3 is 1.00 bits per heavy atom. The highest BCUT2D eigenvalue weighted by molar-refractivity contribution is 6.68. The van der Waals surface area contributed by atoms with Gasteiger partial charge in [-0.1, -0.05) is 52.4 Å². The highest BCUT2D eigenvalue weighted by Gasteiger charge is 2.36. The average molecular weight is 351 g/mol. The summed E-state index contributed by atoms with van der Waals surface area (Å²) in [6.07, 6.45) is 7.07. The maximum absolute atomic E-state index is 5.80. The van der Waals surface area contributed by atoms with Crippen molar-refractivity contribution in [1.82, 2.24) is 0 Å². The van der Waals surface area contributed by atoms with Crippen molar-refractivity contribution < 1.29 is 17.7 Å². The zero-order valence-electron chi connectivity index (χ0n) is 15.7. The van der Waals surface area contributed by atoms with Crippen LogP contribution in [0.25, 0.3) is 0 Å². The van der Waals surface area contributed by atoms with Gasteiger partial charge in [0.25, 0.3) is 0 Å². The monoisotopic (exact) mass is 350 g/mol. The van der Waals surface area contributed by atoms with Crippen molar-refractivity contribution in [1.29, 1.82) is 0 Å². The predicted octanol–water partition coefficient (Wildman–Crippen LogP) is 4.84. The van der Waals surface area contributed by atoms with Crippen LogP contribution in [0.15, 0.2) is 0 Å². The van der Waals surface area contributed by atoms with Gasteiger partial charge < -0.3 is 17.7 Å². The minimum atomic E-state index is -1.97. The molecule has 0 unspecified atom stereocenters. The number of unbranched alkanes of at least 4 members (excludes halogenated alkanes) is 3. The third-order valence-electron chi connectivity index (χ3n) is 4.68. The molecule has 0 radical (unpaired) electrons. The van der Waals surface area contributed by atoms with Crippen LogP contribution in [0.5, 0.6) is 0 Å². The molecule has 0 saturated carbocycles. The molecule has 0 aromatic carbocycles. The summed E-state index contributed by atoms with van der Waals surface area (Å²) < 4.78 is 23.2. The van der Waals surface area contributed by atoms with Gasteiger partial charge in [0.2, 0.25) is 0 Å². The Kier molecular flexibility index (Phi) is 12.8. The summed E-state index contributed by atoms with van der Waals surface area (Å²) in [5, 5.41) is 0. The van der Waals surface area contributed by atoms with E-state index in [4.69, 9.17) is 17.7 Å². The summed E-state index contributed by atoms with van der Waals surface area (Å²) in [5.74, 6) is 0. The number of hydrogen-bond acceptors (Lipinski definition) is 4. The topological polar surface area (TPSA) is 36.9 Å². The lowest BCUT2D eigenvalue weighted by Gasteiger charge is -2.29. The molecule has 0 atom stereocenters. The highest BCUT2D eigenvalue weighted by Crippen LogP contribution is 2.27. The molecule has 0 aliphatic rings. The fourth-order valence-electron chi connectivity index (χ4n) is 2.91. The van der Waals surface area contributed by atoms with Crippen LogP contribution < -0.4 is 0 Å². The molecule has 0 aliphatic heterocycles. The van der Waals surface area contributed by atoms with Gasteiger partial charge in [-0.3, -0.25) is 0 Å². The molecule has 134 valence electrons. The molecule has 0 amide bonds. The molecule has 4 nitrogen and oxygen atoms in total. The molecule has 0 N–H and O–H groups in total. The summed E-state index contributed by atoms with van der Waals surface area (Å²) >= 11 is 0. The van der Waals surface area contributed by atoms with Crippen LogP contribution in [0.2, 0.25) is 24.2 Å². The van der Waals surface area contributed by atoms with Crippen molar-refractivity contribution in [2.75, 3.05) is 28.4 Å². The first-order valence-electron chi connectivity index (χ1n) is 8.78. The van der Waals surface area contributed by atoms with E-state index in [-0.39, 0.29) is 0 Å². The lowest BCUT2D eigenvalue weighted by atomic mass is 10.4. The van der Waals surface area contributed by atoms with Crippen LogP contribution in [0.4, 0.5) is 0 Å². The third-order valence-corrected chi connectivity index (χ3v) is 12.1. The van der Waals surface area contributed by atoms with E-state index in [1.54, 1.807) is 0 Å². The van der Waals surface area contributed by atoms with Gasteiger partial charge in [-0.25, -0.2) is 0 Å². The molecule has 0 aromatic rings. The molecule has 0 heterocycles. The molecule has 22 heavy (non-hydrogen) atoms. The van der Waals surface area contributed by atoms with Gasteiger partial charge in [0.05, 0.1) is 0 Å². The van der Waals surface area contributed by atoms with Crippen molar-refractivity contribution in [3.05, 3.63) is 0 Å². The van der Waals surface area contributed by atoms with Crippen molar-refractivity contribution >= 4 is 17.1 Å². The zero-order valence-corrected chi connectivity index (χ0v) is 17.7. The Labute approximate surface area is 140 Å². The molecule has 0 saturated heterocycles. The van der Waals surface area contributed by atoms with Crippen LogP contribution in [0.1, 0.15) is 52.4 Å². The normalized spacial score (nSPS) is 12.8. The molecule has 0 aromatic heterocycles. The van der Waals surface area contributed by atoms with Crippen LogP contribution >= 0.6 is 0 Å². The highest BCUT2D eigenvalue weighted by atomic mass is 28.4. The standard InChI is InChI=1S/C16H38O4Si2/c1-7-9-13-21(17-3,18-4)15-11-12-16-22(19-5,20-6)14-10-8-2/h7-16H2,1-6H3. The van der Waals surface area contributed by atoms with Gasteiger partial charge in [0.1, 0.15) is 0 Å². The zero-order chi connectivity index (χ0) is 16.9. The smallest absolute Gasteiger partial charge is 0.337 e. The van der Waals surface area contributed by atoms with E-state index in [2.05, 4.69) is 13.8 Å². The SMILES string of the molecule is CCCC[Si](CCCC[Si](CCCC)(OC)OC)(OC)OC. The van der Waals surface area contributed by atoms with Crippen molar-refractivity contribution in [2.24, 2.45) is 0 Å². The van der Waals surface area contributed by atoms with Crippen molar-refractivity contribution in [3.8, 4) is 0 Å². The Balaban J connectivity index is 4.34. The Hall–Kier alpha value is 0.274. The lowest BCUT2D eigenvalue weighted by Crippen LogP contribution is -2.41. The summed E-state index contributed by atoms with van der Waals surface area (Å²) in [5.41, 5.74) is 0. The summed E-state index contributed by atoms with van der Waals surface area (Å²) in [6, 6.07) is 4.35. The van der Waals surface area contributed by atoms with Crippen molar-refractivity contribution in [3.63, 3.8) is 0 Å². The van der Waals surface area contributed by atoms with Gasteiger partial charge in [-0.2, -0.15) is 0 Å². The molecule has 0 bridgehead atoms. The molecule has 0 fully saturated rings. The molecule has 6 heteroatoms. The minimum Gasteiger partial charge on any atom is -0.398 e.